The fraction of sp³-hybridized carbons (Fsp3) is 0.300. The molecule has 0 fully saturated rings. The number of hydrogen-bond acceptors (Lipinski definition) is 4. The van der Waals surface area contributed by atoms with Crippen molar-refractivity contribution in [3.05, 3.63) is 52.9 Å². The van der Waals surface area contributed by atoms with Gasteiger partial charge in [0.15, 0.2) is 0 Å². The first-order valence-electron chi connectivity index (χ1n) is 8.64. The Kier molecular flexibility index (Phi) is 5.23. The number of pyridine rings is 1. The molecule has 0 saturated carbocycles. The summed E-state index contributed by atoms with van der Waals surface area (Å²) in [5.41, 5.74) is 10.3. The number of nitrogens with two attached hydrogens (primary N) is 1. The van der Waals surface area contributed by atoms with Gasteiger partial charge < -0.3 is 20.2 Å². The summed E-state index contributed by atoms with van der Waals surface area (Å²) in [6.07, 6.45) is -0.0858. The summed E-state index contributed by atoms with van der Waals surface area (Å²) >= 11 is 0. The largest absolute Gasteiger partial charge is 0.481 e. The van der Waals surface area contributed by atoms with E-state index in [2.05, 4.69) is 29.6 Å². The number of carboxylic acids is 1. The number of aryl methyl sites for hydroxylation is 2. The van der Waals surface area contributed by atoms with Gasteiger partial charge in [0, 0.05) is 23.9 Å². The van der Waals surface area contributed by atoms with E-state index in [1.807, 2.05) is 30.3 Å². The molecule has 0 amide bonds. The molecule has 26 heavy (non-hydrogen) atoms. The van der Waals surface area contributed by atoms with Crippen LogP contribution in [0.2, 0.25) is 0 Å². The number of aromatic nitrogens is 1. The van der Waals surface area contributed by atoms with Crippen LogP contribution in [0.4, 0.5) is 0 Å². The molecule has 0 spiro atoms. The molecule has 0 bridgehead atoms. The zero-order valence-electron chi connectivity index (χ0n) is 15.0. The standard InChI is InChI=1S/C20H23N3O3/c1-13-7-8-16-19(22-26-12-9-18(24)25)15-5-3-4-6-17(15)23(11-10-21)20(16)14(13)2/h3-8H,9-12,21H2,1-2H3,(H,24,25)/b22-19+. The molecule has 2 aromatic carbocycles. The van der Waals surface area contributed by atoms with E-state index >= 15 is 0 Å². The summed E-state index contributed by atoms with van der Waals surface area (Å²) in [6.45, 7) is 5.43. The molecule has 0 aliphatic heterocycles. The summed E-state index contributed by atoms with van der Waals surface area (Å²) in [7, 11) is 0. The number of para-hydroxylation sites is 1. The van der Waals surface area contributed by atoms with Gasteiger partial charge in [-0.2, -0.15) is 0 Å². The van der Waals surface area contributed by atoms with Crippen LogP contribution in [0.1, 0.15) is 17.5 Å². The van der Waals surface area contributed by atoms with Gasteiger partial charge in [0.1, 0.15) is 12.0 Å². The molecule has 1 aromatic heterocycles. The predicted molar refractivity (Wildman–Crippen MR) is 102 cm³/mol. The lowest BCUT2D eigenvalue weighted by Gasteiger charge is -2.18. The fourth-order valence-corrected chi connectivity index (χ4v) is 3.22. The Morgan fingerprint density at radius 2 is 1.96 bits per heavy atom. The Hall–Kier alpha value is -2.86. The van der Waals surface area contributed by atoms with Crippen LogP contribution in [0.3, 0.4) is 0 Å². The molecule has 6 heteroatoms. The Labute approximate surface area is 151 Å². The minimum Gasteiger partial charge on any atom is -0.481 e. The highest BCUT2D eigenvalue weighted by molar-refractivity contribution is 5.95. The van der Waals surface area contributed by atoms with Gasteiger partial charge >= 0.3 is 5.97 Å². The van der Waals surface area contributed by atoms with Gasteiger partial charge in [-0.25, -0.2) is 0 Å². The summed E-state index contributed by atoms with van der Waals surface area (Å²) in [5, 5.41) is 15.7. The highest BCUT2D eigenvalue weighted by atomic mass is 16.6. The Morgan fingerprint density at radius 1 is 1.19 bits per heavy atom. The van der Waals surface area contributed by atoms with Crippen molar-refractivity contribution in [3.63, 3.8) is 0 Å². The molecule has 3 N–H and O–H groups in total. The van der Waals surface area contributed by atoms with Crippen LogP contribution in [0, 0.1) is 13.8 Å². The molecule has 0 saturated heterocycles. The molecule has 1 heterocycles. The predicted octanol–water partition coefficient (Wildman–Crippen LogP) is 2.68. The summed E-state index contributed by atoms with van der Waals surface area (Å²) in [5.74, 6) is -0.907. The molecule has 6 nitrogen and oxygen atoms in total. The number of benzene rings is 2. The van der Waals surface area contributed by atoms with Gasteiger partial charge in [-0.05, 0) is 31.0 Å². The van der Waals surface area contributed by atoms with E-state index in [0.717, 1.165) is 27.2 Å². The topological polar surface area (TPSA) is 89.8 Å². The van der Waals surface area contributed by atoms with Gasteiger partial charge in [0.05, 0.1) is 17.5 Å². The van der Waals surface area contributed by atoms with E-state index in [1.54, 1.807) is 0 Å². The molecule has 0 unspecified atom stereocenters. The molecule has 3 rings (SSSR count). The van der Waals surface area contributed by atoms with Gasteiger partial charge in [0.2, 0.25) is 0 Å². The van der Waals surface area contributed by atoms with Gasteiger partial charge in [-0.1, -0.05) is 35.5 Å². The first-order chi connectivity index (χ1) is 12.5. The highest BCUT2D eigenvalue weighted by Crippen LogP contribution is 2.24. The monoisotopic (exact) mass is 353 g/mol. The van der Waals surface area contributed by atoms with Gasteiger partial charge in [-0.15, -0.1) is 0 Å². The quantitative estimate of drug-likeness (QED) is 0.405. The SMILES string of the molecule is Cc1ccc2/c(=N/OCCC(=O)O)c3ccccc3n(CCN)c2c1C. The summed E-state index contributed by atoms with van der Waals surface area (Å²) < 4.78 is 2.23. The molecule has 0 radical (unpaired) electrons. The molecular formula is C20H23N3O3. The maximum atomic E-state index is 10.7. The van der Waals surface area contributed by atoms with Crippen molar-refractivity contribution in [1.82, 2.24) is 4.57 Å². The first kappa shape index (κ1) is 17.9. The summed E-state index contributed by atoms with van der Waals surface area (Å²) in [6, 6.07) is 12.1. The summed E-state index contributed by atoms with van der Waals surface area (Å²) in [4.78, 5) is 16.0. The smallest absolute Gasteiger partial charge is 0.306 e. The molecule has 136 valence electrons. The van der Waals surface area contributed by atoms with Crippen LogP contribution >= 0.6 is 0 Å². The van der Waals surface area contributed by atoms with E-state index in [-0.39, 0.29) is 13.0 Å². The van der Waals surface area contributed by atoms with Crippen LogP contribution in [0.15, 0.2) is 41.6 Å². The number of carbonyl (C=O) groups is 1. The average Bonchev–Trinajstić information content (AvgIpc) is 2.63. The number of aliphatic carboxylic acids is 1. The fourth-order valence-electron chi connectivity index (χ4n) is 3.22. The minimum atomic E-state index is -0.907. The Bertz CT molecular complexity index is 1040. The zero-order valence-corrected chi connectivity index (χ0v) is 15.0. The van der Waals surface area contributed by atoms with Crippen LogP contribution in [-0.2, 0) is 16.2 Å². The van der Waals surface area contributed by atoms with Crippen LogP contribution in [0.25, 0.3) is 21.8 Å². The molecule has 0 aliphatic rings. The van der Waals surface area contributed by atoms with Crippen LogP contribution in [-0.4, -0.2) is 28.8 Å². The van der Waals surface area contributed by atoms with E-state index in [1.165, 1.54) is 11.1 Å². The number of carboxylic acid groups (broad SMARTS) is 1. The lowest BCUT2D eigenvalue weighted by atomic mass is 10.0. The maximum Gasteiger partial charge on any atom is 0.306 e. The third kappa shape index (κ3) is 3.28. The minimum absolute atomic E-state index is 0.0354. The van der Waals surface area contributed by atoms with E-state index in [9.17, 15) is 4.79 Å². The molecular weight excluding hydrogens is 330 g/mol. The third-order valence-corrected chi connectivity index (χ3v) is 4.59. The second-order valence-corrected chi connectivity index (χ2v) is 6.28. The van der Waals surface area contributed by atoms with Gasteiger partial charge in [0.25, 0.3) is 0 Å². The number of fused-ring (bicyclic) bond motifs is 2. The third-order valence-electron chi connectivity index (χ3n) is 4.59. The normalized spacial score (nSPS) is 12.0. The second-order valence-electron chi connectivity index (χ2n) is 6.28. The average molecular weight is 353 g/mol. The van der Waals surface area contributed by atoms with Crippen LogP contribution in [0.5, 0.6) is 0 Å². The lowest BCUT2D eigenvalue weighted by molar-refractivity contribution is -0.138. The second kappa shape index (κ2) is 7.58. The maximum absolute atomic E-state index is 10.7. The van der Waals surface area contributed by atoms with Crippen molar-refractivity contribution in [1.29, 1.82) is 0 Å². The van der Waals surface area contributed by atoms with Crippen molar-refractivity contribution in [2.75, 3.05) is 13.2 Å². The van der Waals surface area contributed by atoms with Crippen molar-refractivity contribution < 1.29 is 14.7 Å². The zero-order chi connectivity index (χ0) is 18.7. The van der Waals surface area contributed by atoms with E-state index in [0.29, 0.717) is 13.1 Å². The Morgan fingerprint density at radius 3 is 2.69 bits per heavy atom. The number of nitrogens with zero attached hydrogens (tertiary/aromatic N) is 2. The van der Waals surface area contributed by atoms with Crippen LogP contribution < -0.4 is 11.1 Å². The molecule has 3 aromatic rings. The Balaban J connectivity index is 2.35. The highest BCUT2D eigenvalue weighted by Gasteiger charge is 2.12. The number of hydrogen-bond donors (Lipinski definition) is 2. The lowest BCUT2D eigenvalue weighted by Crippen LogP contribution is -2.18. The van der Waals surface area contributed by atoms with E-state index in [4.69, 9.17) is 15.7 Å². The van der Waals surface area contributed by atoms with Crippen molar-refractivity contribution >= 4 is 27.8 Å². The molecule has 0 aliphatic carbocycles. The van der Waals surface area contributed by atoms with Crippen molar-refractivity contribution in [2.45, 2.75) is 26.8 Å². The van der Waals surface area contributed by atoms with Gasteiger partial charge in [-0.3, -0.25) is 4.79 Å². The van der Waals surface area contributed by atoms with Crippen molar-refractivity contribution in [3.8, 4) is 0 Å². The van der Waals surface area contributed by atoms with E-state index < -0.39 is 5.97 Å². The first-order valence-corrected chi connectivity index (χ1v) is 8.64. The molecule has 0 atom stereocenters. The number of rotatable bonds is 6. The van der Waals surface area contributed by atoms with Crippen molar-refractivity contribution in [2.24, 2.45) is 10.9 Å².